The van der Waals surface area contributed by atoms with Crippen LogP contribution in [0.4, 0.5) is 0 Å². The molecule has 0 N–H and O–H groups in total. The Morgan fingerprint density at radius 3 is 1.75 bits per heavy atom. The molecule has 28 heavy (non-hydrogen) atoms. The molecule has 140 valence electrons. The van der Waals surface area contributed by atoms with Crippen molar-refractivity contribution in [1.82, 2.24) is 4.90 Å². The van der Waals surface area contributed by atoms with Crippen LogP contribution in [-0.2, 0) is 9.59 Å². The van der Waals surface area contributed by atoms with Crippen LogP contribution in [0.1, 0.15) is 24.0 Å². The molecule has 2 aliphatic rings. The number of nitrogens with zero attached hydrogens (tertiary/aromatic N) is 1. The van der Waals surface area contributed by atoms with E-state index in [-0.39, 0.29) is 17.1 Å². The fraction of sp³-hybridized carbons (Fsp3) is 0.200. The molecule has 3 nitrogen and oxygen atoms in total. The second-order valence-electron chi connectivity index (χ2n) is 7.38. The fourth-order valence-electron chi connectivity index (χ4n) is 4.28. The van der Waals surface area contributed by atoms with E-state index < -0.39 is 0 Å². The molecular weight excluding hydrogens is 346 g/mol. The molecular formula is C25H23NO2. The number of amides is 1. The highest BCUT2D eigenvalue weighted by molar-refractivity contribution is 6.23. The number of benzene rings is 2. The van der Waals surface area contributed by atoms with E-state index >= 15 is 0 Å². The monoisotopic (exact) mass is 369 g/mol. The average Bonchev–Trinajstić information content (AvgIpc) is 2.77. The minimum atomic E-state index is -0.277. The SMILES string of the molecule is C=CC(=O)N1CCC2(CC1)/C(=C\c1ccccc1)C(=O)/C2=C/c1ccccc1. The normalized spacial score (nSPS) is 21.0. The second-order valence-corrected chi connectivity index (χ2v) is 7.38. The van der Waals surface area contributed by atoms with Gasteiger partial charge in [-0.1, -0.05) is 67.2 Å². The van der Waals surface area contributed by atoms with Gasteiger partial charge in [0.25, 0.3) is 0 Å². The zero-order valence-electron chi connectivity index (χ0n) is 15.8. The first-order valence-electron chi connectivity index (χ1n) is 9.64. The Labute approximate surface area is 165 Å². The number of likely N-dealkylation sites (tertiary alicyclic amines) is 1. The van der Waals surface area contributed by atoms with Gasteiger partial charge in [-0.15, -0.1) is 0 Å². The number of rotatable bonds is 3. The molecule has 1 spiro atoms. The largest absolute Gasteiger partial charge is 0.339 e. The standard InChI is InChI=1S/C25H23NO2/c1-2-23(27)26-15-13-25(14-16-26)21(17-19-9-5-3-6-10-19)24(28)22(25)18-20-11-7-4-8-12-20/h2-12,17-18H,1,13-16H2/b21-17-,22-18-. The van der Waals surface area contributed by atoms with Gasteiger partial charge in [0, 0.05) is 29.7 Å². The lowest BCUT2D eigenvalue weighted by atomic mass is 9.54. The van der Waals surface area contributed by atoms with Crippen molar-refractivity contribution in [2.45, 2.75) is 12.8 Å². The first-order chi connectivity index (χ1) is 13.6. The highest BCUT2D eigenvalue weighted by Gasteiger charge is 2.54. The molecule has 2 aromatic rings. The van der Waals surface area contributed by atoms with Gasteiger partial charge in [-0.25, -0.2) is 0 Å². The zero-order valence-corrected chi connectivity index (χ0v) is 15.8. The van der Waals surface area contributed by atoms with E-state index in [9.17, 15) is 9.59 Å². The topological polar surface area (TPSA) is 37.4 Å². The molecule has 0 unspecified atom stereocenters. The fourth-order valence-corrected chi connectivity index (χ4v) is 4.28. The lowest BCUT2D eigenvalue weighted by Gasteiger charge is -2.50. The number of hydrogen-bond acceptors (Lipinski definition) is 2. The molecule has 1 aliphatic carbocycles. The summed E-state index contributed by atoms with van der Waals surface area (Å²) in [6.07, 6.45) is 6.93. The molecule has 1 amide bonds. The summed E-state index contributed by atoms with van der Waals surface area (Å²) in [6.45, 7) is 4.86. The summed E-state index contributed by atoms with van der Waals surface area (Å²) in [6, 6.07) is 19.9. The van der Waals surface area contributed by atoms with Crippen LogP contribution in [0.2, 0.25) is 0 Å². The number of carbonyl (C=O) groups excluding carboxylic acids is 2. The molecule has 0 bridgehead atoms. The van der Waals surface area contributed by atoms with E-state index in [1.54, 1.807) is 0 Å². The van der Waals surface area contributed by atoms with Crippen LogP contribution >= 0.6 is 0 Å². The molecule has 1 heterocycles. The zero-order chi connectivity index (χ0) is 19.6. The van der Waals surface area contributed by atoms with Gasteiger partial charge in [-0.2, -0.15) is 0 Å². The number of allylic oxidation sites excluding steroid dienone is 2. The Morgan fingerprint density at radius 1 is 0.857 bits per heavy atom. The first kappa shape index (κ1) is 18.2. The Kier molecular flexibility index (Phi) is 4.82. The highest BCUT2D eigenvalue weighted by atomic mass is 16.2. The Morgan fingerprint density at radius 2 is 1.32 bits per heavy atom. The van der Waals surface area contributed by atoms with Crippen molar-refractivity contribution >= 4 is 23.8 Å². The van der Waals surface area contributed by atoms with E-state index in [1.807, 2.05) is 77.7 Å². The van der Waals surface area contributed by atoms with Crippen molar-refractivity contribution in [1.29, 1.82) is 0 Å². The van der Waals surface area contributed by atoms with Crippen molar-refractivity contribution in [2.24, 2.45) is 5.41 Å². The quantitative estimate of drug-likeness (QED) is 0.746. The third kappa shape index (κ3) is 3.13. The third-order valence-electron chi connectivity index (χ3n) is 5.84. The molecule has 3 heteroatoms. The van der Waals surface area contributed by atoms with Crippen LogP contribution in [0, 0.1) is 5.41 Å². The molecule has 2 fully saturated rings. The molecule has 1 saturated heterocycles. The minimum absolute atomic E-state index is 0.0392. The van der Waals surface area contributed by atoms with Crippen molar-refractivity contribution in [3.05, 3.63) is 95.6 Å². The molecule has 0 atom stereocenters. The number of Topliss-reactive ketones (excluding diaryl/α,β-unsaturated/α-hetero) is 1. The van der Waals surface area contributed by atoms with E-state index in [0.717, 1.165) is 35.1 Å². The maximum absolute atomic E-state index is 13.1. The van der Waals surface area contributed by atoms with Gasteiger partial charge >= 0.3 is 0 Å². The molecule has 1 saturated carbocycles. The van der Waals surface area contributed by atoms with Crippen LogP contribution in [-0.4, -0.2) is 29.7 Å². The molecule has 1 aliphatic heterocycles. The van der Waals surface area contributed by atoms with Crippen LogP contribution in [0.3, 0.4) is 0 Å². The van der Waals surface area contributed by atoms with E-state index in [2.05, 4.69) is 6.58 Å². The van der Waals surface area contributed by atoms with Gasteiger partial charge < -0.3 is 4.90 Å². The third-order valence-corrected chi connectivity index (χ3v) is 5.84. The minimum Gasteiger partial charge on any atom is -0.339 e. The van der Waals surface area contributed by atoms with Crippen molar-refractivity contribution in [2.75, 3.05) is 13.1 Å². The van der Waals surface area contributed by atoms with Gasteiger partial charge in [0.15, 0.2) is 5.78 Å². The Bertz CT molecular complexity index is 901. The number of carbonyl (C=O) groups is 2. The van der Waals surface area contributed by atoms with E-state index in [1.165, 1.54) is 6.08 Å². The number of piperidine rings is 1. The highest BCUT2D eigenvalue weighted by Crippen LogP contribution is 2.56. The summed E-state index contributed by atoms with van der Waals surface area (Å²) in [5.74, 6) is 0.0823. The summed E-state index contributed by atoms with van der Waals surface area (Å²) in [4.78, 5) is 26.9. The predicted molar refractivity (Wildman–Crippen MR) is 112 cm³/mol. The van der Waals surface area contributed by atoms with Crippen LogP contribution in [0.15, 0.2) is 84.5 Å². The molecule has 0 aromatic heterocycles. The van der Waals surface area contributed by atoms with E-state index in [4.69, 9.17) is 0 Å². The van der Waals surface area contributed by atoms with Crippen LogP contribution in [0.5, 0.6) is 0 Å². The van der Waals surface area contributed by atoms with Gasteiger partial charge in [0.1, 0.15) is 0 Å². The van der Waals surface area contributed by atoms with Crippen LogP contribution in [0.25, 0.3) is 12.2 Å². The van der Waals surface area contributed by atoms with Gasteiger partial charge in [0.2, 0.25) is 5.91 Å². The van der Waals surface area contributed by atoms with Gasteiger partial charge in [-0.05, 0) is 42.2 Å². The maximum atomic E-state index is 13.1. The lowest BCUT2D eigenvalue weighted by molar-refractivity contribution is -0.128. The maximum Gasteiger partial charge on any atom is 0.245 e. The lowest BCUT2D eigenvalue weighted by Crippen LogP contribution is -2.52. The molecule has 4 rings (SSSR count). The summed E-state index contributed by atoms with van der Waals surface area (Å²) < 4.78 is 0. The molecule has 2 aromatic carbocycles. The van der Waals surface area contributed by atoms with Crippen LogP contribution < -0.4 is 0 Å². The summed E-state index contributed by atoms with van der Waals surface area (Å²) in [5.41, 5.74) is 3.53. The number of ketones is 1. The summed E-state index contributed by atoms with van der Waals surface area (Å²) >= 11 is 0. The van der Waals surface area contributed by atoms with Gasteiger partial charge in [0.05, 0.1) is 0 Å². The van der Waals surface area contributed by atoms with Gasteiger partial charge in [-0.3, -0.25) is 9.59 Å². The smallest absolute Gasteiger partial charge is 0.245 e. The Hall–Kier alpha value is -3.20. The molecule has 0 radical (unpaired) electrons. The second kappa shape index (κ2) is 7.43. The van der Waals surface area contributed by atoms with Crippen molar-refractivity contribution in [3.8, 4) is 0 Å². The predicted octanol–water partition coefficient (Wildman–Crippen LogP) is 4.53. The van der Waals surface area contributed by atoms with Crippen molar-refractivity contribution in [3.63, 3.8) is 0 Å². The van der Waals surface area contributed by atoms with Crippen molar-refractivity contribution < 1.29 is 9.59 Å². The average molecular weight is 369 g/mol. The number of hydrogen-bond donors (Lipinski definition) is 0. The summed E-state index contributed by atoms with van der Waals surface area (Å²) in [5, 5.41) is 0. The first-order valence-corrected chi connectivity index (χ1v) is 9.64. The van der Waals surface area contributed by atoms with E-state index in [0.29, 0.717) is 13.1 Å². The Balaban J connectivity index is 1.71. The summed E-state index contributed by atoms with van der Waals surface area (Å²) in [7, 11) is 0.